The Bertz CT molecular complexity index is 625. The summed E-state index contributed by atoms with van der Waals surface area (Å²) in [5.41, 5.74) is 8.19. The van der Waals surface area contributed by atoms with Crippen LogP contribution in [0.3, 0.4) is 0 Å². The minimum absolute atomic E-state index is 0.237. The van der Waals surface area contributed by atoms with Crippen LogP contribution >= 0.6 is 11.3 Å². The van der Waals surface area contributed by atoms with Gasteiger partial charge in [0.1, 0.15) is 0 Å². The molecule has 0 bridgehead atoms. The van der Waals surface area contributed by atoms with E-state index in [-0.39, 0.29) is 5.92 Å². The van der Waals surface area contributed by atoms with Gasteiger partial charge >= 0.3 is 0 Å². The summed E-state index contributed by atoms with van der Waals surface area (Å²) < 4.78 is 11.3. The van der Waals surface area contributed by atoms with Gasteiger partial charge in [0, 0.05) is 23.5 Å². The van der Waals surface area contributed by atoms with E-state index in [0.717, 1.165) is 28.6 Å². The van der Waals surface area contributed by atoms with Crippen LogP contribution in [0.15, 0.2) is 23.6 Å². The lowest BCUT2D eigenvalue weighted by atomic mass is 9.99. The Morgan fingerprint density at radius 3 is 2.61 bits per heavy atom. The number of aryl methyl sites for hydroxylation is 1. The maximum absolute atomic E-state index is 5.95. The molecule has 2 aromatic rings. The predicted molar refractivity (Wildman–Crippen MR) is 95.7 cm³/mol. The third-order valence-corrected chi connectivity index (χ3v) is 4.68. The molecule has 5 heteroatoms. The molecule has 0 amide bonds. The molecule has 0 spiro atoms. The molecule has 23 heavy (non-hydrogen) atoms. The highest BCUT2D eigenvalue weighted by Crippen LogP contribution is 2.31. The Kier molecular flexibility index (Phi) is 6.42. The van der Waals surface area contributed by atoms with Gasteiger partial charge in [0.25, 0.3) is 0 Å². The van der Waals surface area contributed by atoms with Crippen molar-refractivity contribution in [3.05, 3.63) is 39.8 Å². The first-order chi connectivity index (χ1) is 11.0. The summed E-state index contributed by atoms with van der Waals surface area (Å²) in [7, 11) is 1.67. The fourth-order valence-corrected chi connectivity index (χ4v) is 3.24. The Morgan fingerprint density at radius 1 is 1.26 bits per heavy atom. The van der Waals surface area contributed by atoms with Crippen molar-refractivity contribution in [1.82, 2.24) is 4.98 Å². The number of benzene rings is 1. The molecular weight excluding hydrogens is 308 g/mol. The highest BCUT2D eigenvalue weighted by atomic mass is 32.1. The summed E-state index contributed by atoms with van der Waals surface area (Å²) in [5.74, 6) is 2.28. The van der Waals surface area contributed by atoms with E-state index in [9.17, 15) is 0 Å². The molecule has 4 nitrogen and oxygen atoms in total. The molecule has 2 rings (SSSR count). The Balaban J connectivity index is 2.13. The monoisotopic (exact) mass is 334 g/mol. The van der Waals surface area contributed by atoms with Crippen molar-refractivity contribution in [2.75, 3.05) is 20.3 Å². The van der Waals surface area contributed by atoms with E-state index in [1.165, 1.54) is 5.56 Å². The molecule has 1 heterocycles. The van der Waals surface area contributed by atoms with Crippen LogP contribution in [0.2, 0.25) is 0 Å². The molecule has 2 N–H and O–H groups in total. The minimum atomic E-state index is 0.237. The zero-order valence-electron chi connectivity index (χ0n) is 14.3. The topological polar surface area (TPSA) is 57.4 Å². The van der Waals surface area contributed by atoms with Gasteiger partial charge in [-0.3, -0.25) is 0 Å². The fraction of sp³-hybridized carbons (Fsp3) is 0.500. The molecule has 1 aromatic heterocycles. The molecule has 1 unspecified atom stereocenters. The number of hydrogen-bond acceptors (Lipinski definition) is 5. The number of nitrogens with zero attached hydrogens (tertiary/aromatic N) is 1. The summed E-state index contributed by atoms with van der Waals surface area (Å²) in [6, 6.07) is 6.11. The third kappa shape index (κ3) is 4.94. The smallest absolute Gasteiger partial charge is 0.161 e. The summed E-state index contributed by atoms with van der Waals surface area (Å²) >= 11 is 1.68. The first-order valence-corrected chi connectivity index (χ1v) is 8.83. The second-order valence-electron chi connectivity index (χ2n) is 6.15. The zero-order chi connectivity index (χ0) is 16.8. The van der Waals surface area contributed by atoms with E-state index >= 15 is 0 Å². The van der Waals surface area contributed by atoms with Gasteiger partial charge in [0.05, 0.1) is 18.7 Å². The number of aromatic nitrogens is 1. The van der Waals surface area contributed by atoms with Gasteiger partial charge in [-0.15, -0.1) is 11.3 Å². The van der Waals surface area contributed by atoms with Crippen molar-refractivity contribution in [3.63, 3.8) is 0 Å². The molecule has 0 aliphatic carbocycles. The summed E-state index contributed by atoms with van der Waals surface area (Å²) in [6.45, 7) is 7.53. The number of hydrogen-bond donors (Lipinski definition) is 1. The van der Waals surface area contributed by atoms with Crippen LogP contribution in [0.25, 0.3) is 0 Å². The van der Waals surface area contributed by atoms with Gasteiger partial charge in [0.2, 0.25) is 0 Å². The molecule has 0 saturated heterocycles. The Morgan fingerprint density at radius 2 is 2.04 bits per heavy atom. The van der Waals surface area contributed by atoms with E-state index in [1.54, 1.807) is 18.4 Å². The Labute approximate surface area is 142 Å². The van der Waals surface area contributed by atoms with Crippen LogP contribution in [0.4, 0.5) is 0 Å². The molecule has 1 atom stereocenters. The van der Waals surface area contributed by atoms with Crippen LogP contribution in [0, 0.1) is 12.8 Å². The van der Waals surface area contributed by atoms with Gasteiger partial charge in [-0.2, -0.15) is 0 Å². The van der Waals surface area contributed by atoms with Gasteiger partial charge < -0.3 is 15.2 Å². The quantitative estimate of drug-likeness (QED) is 0.798. The minimum Gasteiger partial charge on any atom is -0.493 e. The lowest BCUT2D eigenvalue weighted by Crippen LogP contribution is -2.15. The molecule has 0 aliphatic rings. The summed E-state index contributed by atoms with van der Waals surface area (Å²) in [5, 5.41) is 3.17. The lowest BCUT2D eigenvalue weighted by Gasteiger charge is -2.16. The number of ether oxygens (including phenoxy) is 2. The van der Waals surface area contributed by atoms with E-state index in [4.69, 9.17) is 15.2 Å². The van der Waals surface area contributed by atoms with Crippen molar-refractivity contribution in [2.45, 2.75) is 33.1 Å². The van der Waals surface area contributed by atoms with Crippen molar-refractivity contribution in [1.29, 1.82) is 0 Å². The molecular formula is C18H26N2O2S. The van der Waals surface area contributed by atoms with E-state index in [2.05, 4.69) is 30.3 Å². The maximum atomic E-state index is 5.95. The van der Waals surface area contributed by atoms with Crippen LogP contribution in [-0.2, 0) is 6.42 Å². The van der Waals surface area contributed by atoms with Crippen LogP contribution < -0.4 is 15.2 Å². The average Bonchev–Trinajstić information content (AvgIpc) is 2.97. The normalized spacial score (nSPS) is 12.4. The predicted octanol–water partition coefficient (Wildman–Crippen LogP) is 3.78. The van der Waals surface area contributed by atoms with Crippen LogP contribution in [0.1, 0.15) is 36.0 Å². The number of rotatable bonds is 8. The number of nitrogens with two attached hydrogens (primary N) is 1. The summed E-state index contributed by atoms with van der Waals surface area (Å²) in [6.07, 6.45) is 0.851. The fourth-order valence-electron chi connectivity index (χ4n) is 2.33. The third-order valence-electron chi connectivity index (χ3n) is 3.55. The molecule has 0 fully saturated rings. The largest absolute Gasteiger partial charge is 0.493 e. The highest BCUT2D eigenvalue weighted by molar-refractivity contribution is 7.09. The Hall–Kier alpha value is -1.59. The SMILES string of the molecule is COc1cc(CC(CN)c2nc(C)cs2)ccc1OCC(C)C. The zero-order valence-corrected chi connectivity index (χ0v) is 15.2. The van der Waals surface area contributed by atoms with E-state index in [1.807, 2.05) is 19.1 Å². The molecule has 0 saturated carbocycles. The number of methoxy groups -OCH3 is 1. The van der Waals surface area contributed by atoms with Crippen molar-refractivity contribution >= 4 is 11.3 Å². The van der Waals surface area contributed by atoms with Crippen molar-refractivity contribution < 1.29 is 9.47 Å². The lowest BCUT2D eigenvalue weighted by molar-refractivity contribution is 0.256. The first kappa shape index (κ1) is 17.8. The van der Waals surface area contributed by atoms with E-state index < -0.39 is 0 Å². The molecule has 0 aliphatic heterocycles. The van der Waals surface area contributed by atoms with Gasteiger partial charge in [-0.05, 0) is 37.0 Å². The van der Waals surface area contributed by atoms with Crippen LogP contribution in [0.5, 0.6) is 11.5 Å². The second-order valence-corrected chi connectivity index (χ2v) is 7.04. The first-order valence-electron chi connectivity index (χ1n) is 7.95. The second kappa shape index (κ2) is 8.31. The summed E-state index contributed by atoms with van der Waals surface area (Å²) in [4.78, 5) is 4.57. The number of thiazole rings is 1. The maximum Gasteiger partial charge on any atom is 0.161 e. The molecule has 1 aromatic carbocycles. The van der Waals surface area contributed by atoms with E-state index in [0.29, 0.717) is 19.1 Å². The highest BCUT2D eigenvalue weighted by Gasteiger charge is 2.16. The van der Waals surface area contributed by atoms with Crippen LogP contribution in [-0.4, -0.2) is 25.2 Å². The van der Waals surface area contributed by atoms with Gasteiger partial charge in [-0.25, -0.2) is 4.98 Å². The standard InChI is InChI=1S/C18H26N2O2S/c1-12(2)10-22-16-6-5-14(8-17(16)21-4)7-15(9-19)18-20-13(3)11-23-18/h5-6,8,11-12,15H,7,9-10,19H2,1-4H3. The average molecular weight is 334 g/mol. The molecule has 126 valence electrons. The van der Waals surface area contributed by atoms with Crippen molar-refractivity contribution in [2.24, 2.45) is 11.7 Å². The van der Waals surface area contributed by atoms with Gasteiger partial charge in [0.15, 0.2) is 11.5 Å². The molecule has 0 radical (unpaired) electrons. The van der Waals surface area contributed by atoms with Crippen molar-refractivity contribution in [3.8, 4) is 11.5 Å². The van der Waals surface area contributed by atoms with Gasteiger partial charge in [-0.1, -0.05) is 19.9 Å².